The average molecular weight is 308 g/mol. The molecule has 0 radical (unpaired) electrons. The second-order valence-corrected chi connectivity index (χ2v) is 5.57. The van der Waals surface area contributed by atoms with E-state index in [0.717, 1.165) is 43.2 Å². The van der Waals surface area contributed by atoms with Crippen LogP contribution in [0.1, 0.15) is 18.2 Å². The molecular weight excluding hydrogens is 286 g/mol. The highest BCUT2D eigenvalue weighted by atomic mass is 35.5. The molecule has 0 spiro atoms. The summed E-state index contributed by atoms with van der Waals surface area (Å²) >= 11 is 0. The second kappa shape index (κ2) is 7.07. The number of nitrogens with one attached hydrogen (secondary N) is 1. The lowest BCUT2D eigenvalue weighted by Crippen LogP contribution is -2.49. The van der Waals surface area contributed by atoms with Crippen LogP contribution in [-0.4, -0.2) is 35.7 Å². The summed E-state index contributed by atoms with van der Waals surface area (Å²) in [7, 11) is 0. The topological polar surface area (TPSA) is 41.3 Å². The highest BCUT2D eigenvalue weighted by Crippen LogP contribution is 2.21. The molecule has 5 heteroatoms. The molecule has 1 aliphatic rings. The van der Waals surface area contributed by atoms with Crippen molar-refractivity contribution in [2.75, 3.05) is 19.6 Å². The molecule has 3 rings (SSSR count). The Kier molecular flexibility index (Phi) is 5.39. The first-order valence-electron chi connectivity index (χ1n) is 7.20. The molecule has 0 saturated carbocycles. The number of piperazine rings is 1. The van der Waals surface area contributed by atoms with Gasteiger partial charge in [0.25, 0.3) is 0 Å². The zero-order valence-electron chi connectivity index (χ0n) is 12.5. The van der Waals surface area contributed by atoms with E-state index in [1.165, 1.54) is 5.56 Å². The van der Waals surface area contributed by atoms with E-state index in [1.54, 1.807) is 0 Å². The predicted octanol–water partition coefficient (Wildman–Crippen LogP) is 2.87. The maximum Gasteiger partial charge on any atom is 0.151 e. The monoisotopic (exact) mass is 307 g/mol. The fraction of sp³-hybridized carbons (Fsp3) is 0.438. The van der Waals surface area contributed by atoms with Gasteiger partial charge in [-0.2, -0.15) is 0 Å². The SMILES string of the molecule is Cc1ccc(-c2cc(CN3CCNC[C@H]3C)on2)cc1.Cl. The summed E-state index contributed by atoms with van der Waals surface area (Å²) in [6.07, 6.45) is 0. The van der Waals surface area contributed by atoms with Gasteiger partial charge in [0, 0.05) is 37.3 Å². The Balaban J connectivity index is 0.00000161. The van der Waals surface area contributed by atoms with Crippen LogP contribution in [0.3, 0.4) is 0 Å². The third kappa shape index (κ3) is 3.84. The number of nitrogens with zero attached hydrogens (tertiary/aromatic N) is 2. The highest BCUT2D eigenvalue weighted by molar-refractivity contribution is 5.85. The molecule has 2 heterocycles. The van der Waals surface area contributed by atoms with Crippen LogP contribution < -0.4 is 5.32 Å². The van der Waals surface area contributed by atoms with Crippen LogP contribution in [0.5, 0.6) is 0 Å². The maximum absolute atomic E-state index is 5.49. The van der Waals surface area contributed by atoms with Crippen LogP contribution in [0.25, 0.3) is 11.3 Å². The fourth-order valence-corrected chi connectivity index (χ4v) is 2.57. The van der Waals surface area contributed by atoms with Crippen LogP contribution >= 0.6 is 12.4 Å². The fourth-order valence-electron chi connectivity index (χ4n) is 2.57. The Morgan fingerprint density at radius 2 is 2.10 bits per heavy atom. The Bertz CT molecular complexity index is 567. The van der Waals surface area contributed by atoms with Crippen molar-refractivity contribution in [1.82, 2.24) is 15.4 Å². The molecule has 21 heavy (non-hydrogen) atoms. The average Bonchev–Trinajstić information content (AvgIpc) is 2.91. The van der Waals surface area contributed by atoms with E-state index < -0.39 is 0 Å². The zero-order valence-corrected chi connectivity index (χ0v) is 13.3. The van der Waals surface area contributed by atoms with Crippen LogP contribution in [-0.2, 0) is 6.54 Å². The largest absolute Gasteiger partial charge is 0.359 e. The first-order chi connectivity index (χ1) is 9.72. The van der Waals surface area contributed by atoms with Gasteiger partial charge in [-0.25, -0.2) is 0 Å². The molecule has 1 atom stereocenters. The molecule has 0 bridgehead atoms. The Morgan fingerprint density at radius 1 is 1.33 bits per heavy atom. The predicted molar refractivity (Wildman–Crippen MR) is 86.7 cm³/mol. The molecule has 1 fully saturated rings. The van der Waals surface area contributed by atoms with Gasteiger partial charge in [0.2, 0.25) is 0 Å². The molecule has 2 aromatic rings. The first kappa shape index (κ1) is 16.0. The van der Waals surface area contributed by atoms with Gasteiger partial charge in [0.15, 0.2) is 5.76 Å². The first-order valence-corrected chi connectivity index (χ1v) is 7.20. The standard InChI is InChI=1S/C16H21N3O.ClH/c1-12-3-5-14(6-4-12)16-9-15(20-18-16)11-19-8-7-17-10-13(19)2;/h3-6,9,13,17H,7-8,10-11H2,1-2H3;1H/t13-;/m1./s1. The minimum absolute atomic E-state index is 0. The normalized spacial score (nSPS) is 19.2. The number of benzene rings is 1. The number of hydrogen-bond donors (Lipinski definition) is 1. The van der Waals surface area contributed by atoms with Crippen molar-refractivity contribution in [3.8, 4) is 11.3 Å². The van der Waals surface area contributed by atoms with Crippen molar-refractivity contribution in [3.63, 3.8) is 0 Å². The van der Waals surface area contributed by atoms with Gasteiger partial charge >= 0.3 is 0 Å². The van der Waals surface area contributed by atoms with Crippen molar-refractivity contribution < 1.29 is 4.52 Å². The van der Waals surface area contributed by atoms with E-state index in [2.05, 4.69) is 59.6 Å². The number of aryl methyl sites for hydroxylation is 1. The number of rotatable bonds is 3. The van der Waals surface area contributed by atoms with Gasteiger partial charge in [-0.3, -0.25) is 4.90 Å². The Hall–Kier alpha value is -1.36. The lowest BCUT2D eigenvalue weighted by molar-refractivity contribution is 0.149. The van der Waals surface area contributed by atoms with E-state index in [9.17, 15) is 0 Å². The summed E-state index contributed by atoms with van der Waals surface area (Å²) < 4.78 is 5.49. The van der Waals surface area contributed by atoms with Crippen molar-refractivity contribution in [1.29, 1.82) is 0 Å². The molecule has 114 valence electrons. The molecule has 1 N–H and O–H groups in total. The maximum atomic E-state index is 5.49. The lowest BCUT2D eigenvalue weighted by Gasteiger charge is -2.32. The van der Waals surface area contributed by atoms with Crippen molar-refractivity contribution in [3.05, 3.63) is 41.7 Å². The summed E-state index contributed by atoms with van der Waals surface area (Å²) in [4.78, 5) is 2.43. The summed E-state index contributed by atoms with van der Waals surface area (Å²) in [5.74, 6) is 0.939. The molecule has 1 aromatic carbocycles. The summed E-state index contributed by atoms with van der Waals surface area (Å²) in [5.41, 5.74) is 3.29. The molecule has 4 nitrogen and oxygen atoms in total. The minimum atomic E-state index is 0. The van der Waals surface area contributed by atoms with Crippen molar-refractivity contribution >= 4 is 12.4 Å². The number of aromatic nitrogens is 1. The summed E-state index contributed by atoms with van der Waals surface area (Å²) in [6.45, 7) is 8.30. The van der Waals surface area contributed by atoms with Gasteiger partial charge in [-0.05, 0) is 13.8 Å². The van der Waals surface area contributed by atoms with Gasteiger partial charge in [0.1, 0.15) is 5.69 Å². The molecule has 1 aromatic heterocycles. The van der Waals surface area contributed by atoms with Crippen LogP contribution in [0.2, 0.25) is 0 Å². The molecule has 1 aliphatic heterocycles. The van der Waals surface area contributed by atoms with E-state index in [4.69, 9.17) is 4.52 Å². The molecule has 0 unspecified atom stereocenters. The van der Waals surface area contributed by atoms with Crippen LogP contribution in [0, 0.1) is 6.92 Å². The van der Waals surface area contributed by atoms with Crippen LogP contribution in [0.15, 0.2) is 34.9 Å². The summed E-state index contributed by atoms with van der Waals surface area (Å²) in [6, 6.07) is 11.0. The molecule has 1 saturated heterocycles. The van der Waals surface area contributed by atoms with E-state index in [-0.39, 0.29) is 12.4 Å². The zero-order chi connectivity index (χ0) is 13.9. The van der Waals surface area contributed by atoms with Crippen LogP contribution in [0.4, 0.5) is 0 Å². The number of hydrogen-bond acceptors (Lipinski definition) is 4. The minimum Gasteiger partial charge on any atom is -0.359 e. The Morgan fingerprint density at radius 3 is 2.81 bits per heavy atom. The molecule has 0 aliphatic carbocycles. The number of halogens is 1. The van der Waals surface area contributed by atoms with Gasteiger partial charge in [0.05, 0.1) is 6.54 Å². The van der Waals surface area contributed by atoms with E-state index in [0.29, 0.717) is 6.04 Å². The molecule has 0 amide bonds. The summed E-state index contributed by atoms with van der Waals surface area (Å²) in [5, 5.41) is 7.59. The third-order valence-electron chi connectivity index (χ3n) is 3.90. The smallest absolute Gasteiger partial charge is 0.151 e. The molecular formula is C16H22ClN3O. The van der Waals surface area contributed by atoms with Crippen molar-refractivity contribution in [2.45, 2.75) is 26.4 Å². The third-order valence-corrected chi connectivity index (χ3v) is 3.90. The lowest BCUT2D eigenvalue weighted by atomic mass is 10.1. The van der Waals surface area contributed by atoms with Crippen molar-refractivity contribution in [2.24, 2.45) is 0 Å². The highest BCUT2D eigenvalue weighted by Gasteiger charge is 2.19. The van der Waals surface area contributed by atoms with Gasteiger partial charge in [-0.1, -0.05) is 35.0 Å². The quantitative estimate of drug-likeness (QED) is 0.947. The second-order valence-electron chi connectivity index (χ2n) is 5.57. The Labute approximate surface area is 131 Å². The van der Waals surface area contributed by atoms with Gasteiger partial charge in [-0.15, -0.1) is 12.4 Å². The van der Waals surface area contributed by atoms with E-state index in [1.807, 2.05) is 0 Å². The van der Waals surface area contributed by atoms with E-state index >= 15 is 0 Å². The van der Waals surface area contributed by atoms with Gasteiger partial charge < -0.3 is 9.84 Å².